The summed E-state index contributed by atoms with van der Waals surface area (Å²) in [7, 11) is 0. The topological polar surface area (TPSA) is 50.8 Å². The molecule has 88 valence electrons. The van der Waals surface area contributed by atoms with Crippen LogP contribution >= 0.6 is 0 Å². The van der Waals surface area contributed by atoms with Crippen molar-refractivity contribution in [3.05, 3.63) is 29.8 Å². The van der Waals surface area contributed by atoms with E-state index in [-0.39, 0.29) is 12.8 Å². The SMILES string of the molecule is N#CCCN(CCC#N)c1ccc(F)c(F)c1. The molecule has 0 aliphatic rings. The Labute approximate surface area is 98.5 Å². The first kappa shape index (κ1) is 12.9. The average molecular weight is 235 g/mol. The molecule has 0 amide bonds. The molecule has 17 heavy (non-hydrogen) atoms. The molecular weight excluding hydrogens is 224 g/mol. The average Bonchev–Trinajstić information content (AvgIpc) is 2.33. The molecule has 0 N–H and O–H groups in total. The summed E-state index contributed by atoms with van der Waals surface area (Å²) in [5.74, 6) is -1.84. The summed E-state index contributed by atoms with van der Waals surface area (Å²) in [6.45, 7) is 0.784. The van der Waals surface area contributed by atoms with Crippen molar-refractivity contribution in [2.75, 3.05) is 18.0 Å². The van der Waals surface area contributed by atoms with Gasteiger partial charge in [-0.25, -0.2) is 8.78 Å². The number of nitrogens with zero attached hydrogens (tertiary/aromatic N) is 3. The second-order valence-electron chi connectivity index (χ2n) is 3.40. The Hall–Kier alpha value is -2.14. The van der Waals surface area contributed by atoms with Gasteiger partial charge in [-0.15, -0.1) is 0 Å². The molecule has 0 aromatic heterocycles. The van der Waals surface area contributed by atoms with Crippen LogP contribution in [0.3, 0.4) is 0 Å². The van der Waals surface area contributed by atoms with Gasteiger partial charge in [0.2, 0.25) is 0 Å². The number of benzene rings is 1. The molecule has 0 aliphatic heterocycles. The summed E-state index contributed by atoms with van der Waals surface area (Å²) >= 11 is 0. The van der Waals surface area contributed by atoms with E-state index < -0.39 is 11.6 Å². The van der Waals surface area contributed by atoms with Gasteiger partial charge in [-0.2, -0.15) is 10.5 Å². The van der Waals surface area contributed by atoms with Crippen LogP contribution in [0.15, 0.2) is 18.2 Å². The molecule has 0 heterocycles. The van der Waals surface area contributed by atoms with Crippen LogP contribution in [0.25, 0.3) is 0 Å². The van der Waals surface area contributed by atoms with Crippen molar-refractivity contribution >= 4 is 5.69 Å². The number of rotatable bonds is 5. The van der Waals surface area contributed by atoms with Gasteiger partial charge in [0.15, 0.2) is 11.6 Å². The van der Waals surface area contributed by atoms with Crippen molar-refractivity contribution in [1.29, 1.82) is 10.5 Å². The zero-order valence-corrected chi connectivity index (χ0v) is 9.16. The van der Waals surface area contributed by atoms with Gasteiger partial charge in [-0.3, -0.25) is 0 Å². The lowest BCUT2D eigenvalue weighted by molar-refractivity contribution is 0.508. The molecule has 0 radical (unpaired) electrons. The Kier molecular flexibility index (Phi) is 4.90. The van der Waals surface area contributed by atoms with Crippen LogP contribution in [0.1, 0.15) is 12.8 Å². The summed E-state index contributed by atoms with van der Waals surface area (Å²) in [6.07, 6.45) is 0.537. The molecule has 0 fully saturated rings. The Balaban J connectivity index is 2.84. The van der Waals surface area contributed by atoms with E-state index in [9.17, 15) is 8.78 Å². The van der Waals surface area contributed by atoms with Crippen LogP contribution < -0.4 is 4.90 Å². The van der Waals surface area contributed by atoms with E-state index in [1.807, 2.05) is 12.1 Å². The quantitative estimate of drug-likeness (QED) is 0.788. The van der Waals surface area contributed by atoms with Gasteiger partial charge in [0, 0.05) is 24.8 Å². The van der Waals surface area contributed by atoms with Crippen molar-refractivity contribution in [3.63, 3.8) is 0 Å². The normalized spacial score (nSPS) is 9.41. The van der Waals surface area contributed by atoms with Crippen molar-refractivity contribution in [1.82, 2.24) is 0 Å². The molecule has 0 bridgehead atoms. The first-order chi connectivity index (χ1) is 8.19. The minimum Gasteiger partial charge on any atom is -0.369 e. The maximum Gasteiger partial charge on any atom is 0.160 e. The Morgan fingerprint density at radius 2 is 1.59 bits per heavy atom. The fourth-order valence-electron chi connectivity index (χ4n) is 1.42. The van der Waals surface area contributed by atoms with E-state index in [2.05, 4.69) is 0 Å². The standard InChI is InChI=1S/C12H11F2N3/c13-11-4-3-10(9-12(11)14)17(7-1-5-15)8-2-6-16/h3-4,9H,1-2,7-8H2. The number of hydrogen-bond donors (Lipinski definition) is 0. The molecule has 0 spiro atoms. The molecule has 1 aromatic carbocycles. The minimum atomic E-state index is -0.929. The summed E-state index contributed by atoms with van der Waals surface area (Å²) in [4.78, 5) is 1.69. The van der Waals surface area contributed by atoms with Gasteiger partial charge in [0.1, 0.15) is 0 Å². The van der Waals surface area contributed by atoms with Crippen LogP contribution in [0.4, 0.5) is 14.5 Å². The minimum absolute atomic E-state index is 0.268. The zero-order valence-electron chi connectivity index (χ0n) is 9.16. The van der Waals surface area contributed by atoms with Crippen molar-refractivity contribution < 1.29 is 8.78 Å². The number of hydrogen-bond acceptors (Lipinski definition) is 3. The number of nitriles is 2. The zero-order chi connectivity index (χ0) is 12.7. The van der Waals surface area contributed by atoms with Crippen LogP contribution in [0.5, 0.6) is 0 Å². The van der Waals surface area contributed by atoms with E-state index >= 15 is 0 Å². The second kappa shape index (κ2) is 6.44. The molecule has 0 unspecified atom stereocenters. The predicted molar refractivity (Wildman–Crippen MR) is 59.0 cm³/mol. The fraction of sp³-hybridized carbons (Fsp3) is 0.333. The highest BCUT2D eigenvalue weighted by molar-refractivity contribution is 5.46. The molecule has 1 rings (SSSR count). The van der Waals surface area contributed by atoms with Gasteiger partial charge < -0.3 is 4.90 Å². The lowest BCUT2D eigenvalue weighted by Gasteiger charge is -2.22. The summed E-state index contributed by atoms with van der Waals surface area (Å²) < 4.78 is 25.8. The highest BCUT2D eigenvalue weighted by Gasteiger charge is 2.09. The van der Waals surface area contributed by atoms with E-state index in [1.54, 1.807) is 4.90 Å². The monoisotopic (exact) mass is 235 g/mol. The van der Waals surface area contributed by atoms with Gasteiger partial charge >= 0.3 is 0 Å². The third kappa shape index (κ3) is 3.73. The van der Waals surface area contributed by atoms with Crippen LogP contribution in [-0.2, 0) is 0 Å². The third-order valence-corrected chi connectivity index (χ3v) is 2.26. The molecule has 1 aromatic rings. The van der Waals surface area contributed by atoms with E-state index in [0.29, 0.717) is 18.8 Å². The van der Waals surface area contributed by atoms with E-state index in [4.69, 9.17) is 10.5 Å². The highest BCUT2D eigenvalue weighted by atomic mass is 19.2. The van der Waals surface area contributed by atoms with E-state index in [0.717, 1.165) is 12.1 Å². The van der Waals surface area contributed by atoms with Crippen molar-refractivity contribution in [2.45, 2.75) is 12.8 Å². The molecule has 3 nitrogen and oxygen atoms in total. The molecule has 0 saturated heterocycles. The van der Waals surface area contributed by atoms with Gasteiger partial charge in [0.05, 0.1) is 25.0 Å². The number of anilines is 1. The molecular formula is C12H11F2N3. The van der Waals surface area contributed by atoms with Crippen molar-refractivity contribution in [3.8, 4) is 12.1 Å². The lowest BCUT2D eigenvalue weighted by atomic mass is 10.2. The maximum atomic E-state index is 13.1. The predicted octanol–water partition coefficient (Wildman–Crippen LogP) is 2.60. The smallest absolute Gasteiger partial charge is 0.160 e. The lowest BCUT2D eigenvalue weighted by Crippen LogP contribution is -2.25. The molecule has 0 aliphatic carbocycles. The van der Waals surface area contributed by atoms with Crippen LogP contribution in [-0.4, -0.2) is 13.1 Å². The number of halogens is 2. The van der Waals surface area contributed by atoms with Gasteiger partial charge in [-0.1, -0.05) is 0 Å². The van der Waals surface area contributed by atoms with Gasteiger partial charge in [0.25, 0.3) is 0 Å². The van der Waals surface area contributed by atoms with E-state index in [1.165, 1.54) is 6.07 Å². The fourth-order valence-corrected chi connectivity index (χ4v) is 1.42. The first-order valence-corrected chi connectivity index (χ1v) is 5.13. The summed E-state index contributed by atoms with van der Waals surface area (Å²) in [5, 5.41) is 17.0. The second-order valence-corrected chi connectivity index (χ2v) is 3.40. The van der Waals surface area contributed by atoms with Gasteiger partial charge in [-0.05, 0) is 12.1 Å². The highest BCUT2D eigenvalue weighted by Crippen LogP contribution is 2.18. The Bertz CT molecular complexity index is 442. The van der Waals surface area contributed by atoms with Crippen molar-refractivity contribution in [2.24, 2.45) is 0 Å². The largest absolute Gasteiger partial charge is 0.369 e. The first-order valence-electron chi connectivity index (χ1n) is 5.13. The molecule has 0 saturated carbocycles. The maximum absolute atomic E-state index is 13.1. The molecule has 0 atom stereocenters. The summed E-state index contributed by atoms with van der Waals surface area (Å²) in [6, 6.07) is 7.51. The Morgan fingerprint density at radius 1 is 1.00 bits per heavy atom. The third-order valence-electron chi connectivity index (χ3n) is 2.26. The Morgan fingerprint density at radius 3 is 2.06 bits per heavy atom. The van der Waals surface area contributed by atoms with Crippen LogP contribution in [0, 0.1) is 34.3 Å². The molecule has 5 heteroatoms. The summed E-state index contributed by atoms with van der Waals surface area (Å²) in [5.41, 5.74) is 0.481. The van der Waals surface area contributed by atoms with Crippen LogP contribution in [0.2, 0.25) is 0 Å².